The van der Waals surface area contributed by atoms with Gasteiger partial charge in [-0.25, -0.2) is 0 Å². The zero-order valence-electron chi connectivity index (χ0n) is 9.37. The van der Waals surface area contributed by atoms with Crippen molar-refractivity contribution in [2.24, 2.45) is 5.92 Å². The maximum atomic E-state index is 11.4. The molecule has 3 heteroatoms. The Balaban J connectivity index is 2.12. The molecule has 16 heavy (non-hydrogen) atoms. The number of carbonyl (C=O) groups excluding carboxylic acids is 1. The first kappa shape index (κ1) is 11.5. The van der Waals surface area contributed by atoms with Crippen LogP contribution in [0.15, 0.2) is 24.3 Å². The number of rotatable bonds is 4. The molecule has 1 N–H and O–H groups in total. The van der Waals surface area contributed by atoms with E-state index in [1.165, 1.54) is 24.0 Å². The topological polar surface area (TPSA) is 29.1 Å². The molecule has 1 aliphatic carbocycles. The first-order valence-corrected chi connectivity index (χ1v) is 6.16. The van der Waals surface area contributed by atoms with Crippen molar-refractivity contribution in [1.82, 2.24) is 5.32 Å². The van der Waals surface area contributed by atoms with Crippen molar-refractivity contribution in [1.29, 1.82) is 0 Å². The van der Waals surface area contributed by atoms with Crippen LogP contribution in [0, 0.1) is 12.8 Å². The summed E-state index contributed by atoms with van der Waals surface area (Å²) in [5, 5.41) is 2.99. The van der Waals surface area contributed by atoms with Gasteiger partial charge in [-0.1, -0.05) is 29.8 Å². The Kier molecular flexibility index (Phi) is 3.49. The molecule has 0 aliphatic heterocycles. The summed E-state index contributed by atoms with van der Waals surface area (Å²) in [7, 11) is 0. The van der Waals surface area contributed by atoms with Crippen LogP contribution in [0.5, 0.6) is 0 Å². The van der Waals surface area contributed by atoms with Crippen molar-refractivity contribution in [2.75, 3.05) is 5.88 Å². The van der Waals surface area contributed by atoms with Crippen molar-refractivity contribution < 1.29 is 4.79 Å². The predicted molar refractivity (Wildman–Crippen MR) is 65.5 cm³/mol. The van der Waals surface area contributed by atoms with Gasteiger partial charge in [-0.15, -0.1) is 11.6 Å². The molecule has 1 saturated carbocycles. The van der Waals surface area contributed by atoms with E-state index in [0.29, 0.717) is 5.92 Å². The third kappa shape index (κ3) is 2.76. The van der Waals surface area contributed by atoms with E-state index in [1.54, 1.807) is 0 Å². The molecule has 1 aromatic carbocycles. The lowest BCUT2D eigenvalue weighted by molar-refractivity contribution is -0.119. The summed E-state index contributed by atoms with van der Waals surface area (Å²) in [5.41, 5.74) is 2.42. The molecule has 0 heterocycles. The Hall–Kier alpha value is -1.02. The van der Waals surface area contributed by atoms with Crippen LogP contribution in [-0.2, 0) is 4.79 Å². The summed E-state index contributed by atoms with van der Waals surface area (Å²) in [4.78, 5) is 11.4. The first-order valence-electron chi connectivity index (χ1n) is 5.62. The van der Waals surface area contributed by atoms with Crippen LogP contribution in [0.4, 0.5) is 0 Å². The van der Waals surface area contributed by atoms with Gasteiger partial charge in [-0.3, -0.25) is 4.79 Å². The SMILES string of the molecule is Cc1ccc([C@@H](NC(=O)CCl)C2CC2)cc1. The molecule has 1 aromatic rings. The van der Waals surface area contributed by atoms with Crippen molar-refractivity contribution >= 4 is 17.5 Å². The van der Waals surface area contributed by atoms with E-state index in [4.69, 9.17) is 11.6 Å². The fourth-order valence-electron chi connectivity index (χ4n) is 1.89. The summed E-state index contributed by atoms with van der Waals surface area (Å²) in [5.74, 6) is 0.545. The Labute approximate surface area is 101 Å². The number of carbonyl (C=O) groups is 1. The van der Waals surface area contributed by atoms with Gasteiger partial charge >= 0.3 is 0 Å². The highest BCUT2D eigenvalue weighted by molar-refractivity contribution is 6.27. The van der Waals surface area contributed by atoms with E-state index in [9.17, 15) is 4.79 Å². The van der Waals surface area contributed by atoms with Crippen LogP contribution in [0.25, 0.3) is 0 Å². The van der Waals surface area contributed by atoms with E-state index >= 15 is 0 Å². The van der Waals surface area contributed by atoms with Gasteiger partial charge in [0.25, 0.3) is 0 Å². The average Bonchev–Trinajstić information content (AvgIpc) is 3.11. The minimum Gasteiger partial charge on any atom is -0.348 e. The van der Waals surface area contributed by atoms with Gasteiger partial charge < -0.3 is 5.32 Å². The van der Waals surface area contributed by atoms with Crippen LogP contribution >= 0.6 is 11.6 Å². The average molecular weight is 238 g/mol. The smallest absolute Gasteiger partial charge is 0.235 e. The summed E-state index contributed by atoms with van der Waals surface area (Å²) in [6, 6.07) is 8.49. The minimum absolute atomic E-state index is 0.0368. The molecule has 0 unspecified atom stereocenters. The Bertz CT molecular complexity index is 370. The minimum atomic E-state index is -0.0841. The summed E-state index contributed by atoms with van der Waals surface area (Å²) in [6.07, 6.45) is 2.39. The van der Waals surface area contributed by atoms with Crippen molar-refractivity contribution in [3.63, 3.8) is 0 Å². The van der Waals surface area contributed by atoms with Gasteiger partial charge in [0.15, 0.2) is 0 Å². The number of amides is 1. The second kappa shape index (κ2) is 4.88. The monoisotopic (exact) mass is 237 g/mol. The normalized spacial score (nSPS) is 16.9. The number of alkyl halides is 1. The van der Waals surface area contributed by atoms with Crippen molar-refractivity contribution in [3.05, 3.63) is 35.4 Å². The van der Waals surface area contributed by atoms with E-state index in [-0.39, 0.29) is 17.8 Å². The number of halogens is 1. The summed E-state index contributed by atoms with van der Waals surface area (Å²) in [6.45, 7) is 2.06. The lowest BCUT2D eigenvalue weighted by Crippen LogP contribution is -2.30. The Morgan fingerprint density at radius 2 is 2.06 bits per heavy atom. The largest absolute Gasteiger partial charge is 0.348 e. The molecular weight excluding hydrogens is 222 g/mol. The molecule has 2 nitrogen and oxygen atoms in total. The fourth-order valence-corrected chi connectivity index (χ4v) is 1.97. The zero-order valence-corrected chi connectivity index (χ0v) is 10.1. The Morgan fingerprint density at radius 3 is 2.56 bits per heavy atom. The van der Waals surface area contributed by atoms with E-state index < -0.39 is 0 Å². The van der Waals surface area contributed by atoms with Crippen LogP contribution in [-0.4, -0.2) is 11.8 Å². The third-order valence-corrected chi connectivity index (χ3v) is 3.21. The number of nitrogens with one attached hydrogen (secondary N) is 1. The van der Waals surface area contributed by atoms with E-state index in [0.717, 1.165) is 0 Å². The number of hydrogen-bond donors (Lipinski definition) is 1. The van der Waals surface area contributed by atoms with Crippen LogP contribution < -0.4 is 5.32 Å². The zero-order chi connectivity index (χ0) is 11.5. The predicted octanol–water partition coefficient (Wildman–Crippen LogP) is 2.80. The molecule has 1 atom stereocenters. The Morgan fingerprint density at radius 1 is 1.44 bits per heavy atom. The molecule has 0 spiro atoms. The van der Waals surface area contributed by atoms with Crippen molar-refractivity contribution in [3.8, 4) is 0 Å². The highest BCUT2D eigenvalue weighted by Gasteiger charge is 2.33. The molecule has 1 fully saturated rings. The van der Waals surface area contributed by atoms with E-state index in [1.807, 2.05) is 0 Å². The van der Waals surface area contributed by atoms with Crippen LogP contribution in [0.1, 0.15) is 30.0 Å². The number of benzene rings is 1. The van der Waals surface area contributed by atoms with Gasteiger partial charge in [-0.2, -0.15) is 0 Å². The molecule has 1 aliphatic rings. The molecule has 1 amide bonds. The van der Waals surface area contributed by atoms with Gasteiger partial charge in [0.05, 0.1) is 6.04 Å². The second-order valence-corrected chi connectivity index (χ2v) is 4.69. The molecule has 0 saturated heterocycles. The van der Waals surface area contributed by atoms with Gasteiger partial charge in [-0.05, 0) is 31.2 Å². The summed E-state index contributed by atoms with van der Waals surface area (Å²) < 4.78 is 0. The quantitative estimate of drug-likeness (QED) is 0.802. The van der Waals surface area contributed by atoms with Crippen LogP contribution in [0.3, 0.4) is 0 Å². The number of hydrogen-bond acceptors (Lipinski definition) is 1. The molecule has 86 valence electrons. The maximum Gasteiger partial charge on any atom is 0.235 e. The third-order valence-electron chi connectivity index (χ3n) is 2.97. The highest BCUT2D eigenvalue weighted by Crippen LogP contribution is 2.40. The second-order valence-electron chi connectivity index (χ2n) is 4.43. The van der Waals surface area contributed by atoms with E-state index in [2.05, 4.69) is 36.5 Å². The molecule has 0 radical (unpaired) electrons. The van der Waals surface area contributed by atoms with Crippen LogP contribution in [0.2, 0.25) is 0 Å². The number of aryl methyl sites for hydroxylation is 1. The molecular formula is C13H16ClNO. The fraction of sp³-hybridized carbons (Fsp3) is 0.462. The van der Waals surface area contributed by atoms with Gasteiger partial charge in [0.2, 0.25) is 5.91 Å². The molecule has 2 rings (SSSR count). The highest BCUT2D eigenvalue weighted by atomic mass is 35.5. The summed E-state index contributed by atoms with van der Waals surface area (Å²) >= 11 is 5.52. The molecule has 0 bridgehead atoms. The van der Waals surface area contributed by atoms with Crippen molar-refractivity contribution in [2.45, 2.75) is 25.8 Å². The first-order chi connectivity index (χ1) is 7.70. The molecule has 0 aromatic heterocycles. The van der Waals surface area contributed by atoms with Gasteiger partial charge in [0.1, 0.15) is 5.88 Å². The standard InChI is InChI=1S/C13H16ClNO/c1-9-2-4-10(5-3-9)13(11-6-7-11)15-12(16)8-14/h2-5,11,13H,6-8H2,1H3,(H,15,16)/t13-/m1/s1. The lowest BCUT2D eigenvalue weighted by Gasteiger charge is -2.18. The maximum absolute atomic E-state index is 11.4. The lowest BCUT2D eigenvalue weighted by atomic mass is 10.0. The van der Waals surface area contributed by atoms with Gasteiger partial charge in [0, 0.05) is 0 Å².